The SMILES string of the molecule is Cc1nn(-c2nncc(-c3ccccc3)n2)c2c1[C@H](c1ccccc1)CC(=O)N2. The largest absolute Gasteiger partial charge is 0.310 e. The maximum absolute atomic E-state index is 12.5. The van der Waals surface area contributed by atoms with Crippen molar-refractivity contribution in [1.82, 2.24) is 25.0 Å². The molecule has 7 heteroatoms. The standard InChI is InChI=1S/C22H18N6O/c1-14-20-17(15-8-4-2-5-9-15)12-19(29)25-21(20)28(27-14)22-24-18(13-23-26-22)16-10-6-3-7-11-16/h2-11,13,17H,12H2,1H3,(H,25,29)/t17-/m0/s1. The molecular formula is C22H18N6O. The Morgan fingerprint density at radius 1 is 1.03 bits per heavy atom. The monoisotopic (exact) mass is 382 g/mol. The zero-order valence-corrected chi connectivity index (χ0v) is 15.8. The van der Waals surface area contributed by atoms with Gasteiger partial charge in [-0.25, -0.2) is 4.98 Å². The number of hydrogen-bond acceptors (Lipinski definition) is 5. The first kappa shape index (κ1) is 17.2. The molecule has 5 rings (SSSR count). The third-order valence-corrected chi connectivity index (χ3v) is 5.11. The third kappa shape index (κ3) is 3.06. The summed E-state index contributed by atoms with van der Waals surface area (Å²) in [6.45, 7) is 1.94. The van der Waals surface area contributed by atoms with Crippen molar-refractivity contribution in [2.45, 2.75) is 19.3 Å². The summed E-state index contributed by atoms with van der Waals surface area (Å²) in [6.07, 6.45) is 2.00. The zero-order chi connectivity index (χ0) is 19.8. The maximum Gasteiger partial charge on any atom is 0.272 e. The van der Waals surface area contributed by atoms with Crippen molar-refractivity contribution < 1.29 is 4.79 Å². The molecule has 0 saturated carbocycles. The highest BCUT2D eigenvalue weighted by Gasteiger charge is 2.33. The summed E-state index contributed by atoms with van der Waals surface area (Å²) < 4.78 is 1.58. The van der Waals surface area contributed by atoms with Crippen LogP contribution >= 0.6 is 0 Å². The van der Waals surface area contributed by atoms with E-state index >= 15 is 0 Å². The number of fused-ring (bicyclic) bond motifs is 1. The zero-order valence-electron chi connectivity index (χ0n) is 15.8. The maximum atomic E-state index is 12.5. The molecule has 0 saturated heterocycles. The van der Waals surface area contributed by atoms with Crippen molar-refractivity contribution in [3.8, 4) is 17.2 Å². The Morgan fingerprint density at radius 3 is 2.52 bits per heavy atom. The molecule has 0 fully saturated rings. The number of carbonyl (C=O) groups is 1. The second-order valence-electron chi connectivity index (χ2n) is 6.98. The molecule has 29 heavy (non-hydrogen) atoms. The number of amides is 1. The van der Waals surface area contributed by atoms with E-state index in [9.17, 15) is 4.79 Å². The molecule has 0 radical (unpaired) electrons. The van der Waals surface area contributed by atoms with E-state index in [2.05, 4.69) is 25.6 Å². The average Bonchev–Trinajstić information content (AvgIpc) is 3.11. The summed E-state index contributed by atoms with van der Waals surface area (Å²) in [5, 5.41) is 15.9. The van der Waals surface area contributed by atoms with Gasteiger partial charge in [0.25, 0.3) is 5.95 Å². The van der Waals surface area contributed by atoms with Crippen LogP contribution in [0.1, 0.15) is 29.2 Å². The van der Waals surface area contributed by atoms with Gasteiger partial charge >= 0.3 is 0 Å². The number of aryl methyl sites for hydroxylation is 1. The Bertz CT molecular complexity index is 1190. The topological polar surface area (TPSA) is 85.6 Å². The summed E-state index contributed by atoms with van der Waals surface area (Å²) in [5.74, 6) is 0.822. The third-order valence-electron chi connectivity index (χ3n) is 5.11. The number of rotatable bonds is 3. The molecule has 1 atom stereocenters. The van der Waals surface area contributed by atoms with Gasteiger partial charge in [0.15, 0.2) is 0 Å². The van der Waals surface area contributed by atoms with Crippen molar-refractivity contribution in [2.24, 2.45) is 0 Å². The molecule has 2 aromatic carbocycles. The van der Waals surface area contributed by atoms with Gasteiger partial charge < -0.3 is 5.32 Å². The van der Waals surface area contributed by atoms with Gasteiger partial charge in [0.2, 0.25) is 5.91 Å². The molecule has 3 heterocycles. The van der Waals surface area contributed by atoms with Crippen LogP contribution in [0.4, 0.5) is 5.82 Å². The molecule has 1 aliphatic rings. The van der Waals surface area contributed by atoms with Crippen molar-refractivity contribution in [1.29, 1.82) is 0 Å². The van der Waals surface area contributed by atoms with Crippen LogP contribution in [-0.2, 0) is 4.79 Å². The van der Waals surface area contributed by atoms with E-state index in [0.717, 1.165) is 22.4 Å². The highest BCUT2D eigenvalue weighted by atomic mass is 16.1. The second-order valence-corrected chi connectivity index (χ2v) is 6.98. The van der Waals surface area contributed by atoms with E-state index in [1.54, 1.807) is 10.9 Å². The first-order valence-corrected chi connectivity index (χ1v) is 9.40. The lowest BCUT2D eigenvalue weighted by atomic mass is 9.86. The van der Waals surface area contributed by atoms with Gasteiger partial charge in [-0.3, -0.25) is 4.79 Å². The fraction of sp³-hybridized carbons (Fsp3) is 0.136. The molecule has 142 valence electrons. The molecule has 0 aliphatic carbocycles. The minimum absolute atomic E-state index is 0.0559. The highest BCUT2D eigenvalue weighted by molar-refractivity contribution is 5.95. The Kier molecular flexibility index (Phi) is 4.13. The molecule has 1 N–H and O–H groups in total. The highest BCUT2D eigenvalue weighted by Crippen LogP contribution is 2.39. The molecule has 0 spiro atoms. The number of hydrogen-bond donors (Lipinski definition) is 1. The van der Waals surface area contributed by atoms with Crippen LogP contribution < -0.4 is 5.32 Å². The molecular weight excluding hydrogens is 364 g/mol. The van der Waals surface area contributed by atoms with Crippen LogP contribution in [0.3, 0.4) is 0 Å². The van der Waals surface area contributed by atoms with Gasteiger partial charge in [0, 0.05) is 23.5 Å². The molecule has 2 aromatic heterocycles. The molecule has 1 aliphatic heterocycles. The lowest BCUT2D eigenvalue weighted by Crippen LogP contribution is -2.25. The van der Waals surface area contributed by atoms with Crippen molar-refractivity contribution >= 4 is 11.7 Å². The predicted molar refractivity (Wildman–Crippen MR) is 109 cm³/mol. The fourth-order valence-corrected chi connectivity index (χ4v) is 3.79. The summed E-state index contributed by atoms with van der Waals surface area (Å²) in [6, 6.07) is 19.8. The summed E-state index contributed by atoms with van der Waals surface area (Å²) in [7, 11) is 0. The Hall–Kier alpha value is -3.87. The van der Waals surface area contributed by atoms with Crippen LogP contribution in [0.15, 0.2) is 66.9 Å². The quantitative estimate of drug-likeness (QED) is 0.586. The van der Waals surface area contributed by atoms with E-state index in [0.29, 0.717) is 23.9 Å². The number of nitrogens with one attached hydrogen (secondary N) is 1. The number of nitrogens with zero attached hydrogens (tertiary/aromatic N) is 5. The Balaban J connectivity index is 1.63. The number of carbonyl (C=O) groups excluding carboxylic acids is 1. The first-order valence-electron chi connectivity index (χ1n) is 9.40. The normalized spacial score (nSPS) is 15.6. The molecule has 0 bridgehead atoms. The lowest BCUT2D eigenvalue weighted by molar-refractivity contribution is -0.116. The van der Waals surface area contributed by atoms with Gasteiger partial charge in [-0.1, -0.05) is 60.7 Å². The van der Waals surface area contributed by atoms with Gasteiger partial charge in [-0.05, 0) is 12.5 Å². The molecule has 4 aromatic rings. The van der Waals surface area contributed by atoms with Crippen LogP contribution in [0.25, 0.3) is 17.2 Å². The van der Waals surface area contributed by atoms with Gasteiger partial charge in [-0.2, -0.15) is 14.9 Å². The second kappa shape index (κ2) is 6.94. The van der Waals surface area contributed by atoms with E-state index in [-0.39, 0.29) is 11.8 Å². The summed E-state index contributed by atoms with van der Waals surface area (Å²) >= 11 is 0. The predicted octanol–water partition coefficient (Wildman–Crippen LogP) is 3.51. The Morgan fingerprint density at radius 2 is 1.76 bits per heavy atom. The van der Waals surface area contributed by atoms with E-state index in [4.69, 9.17) is 0 Å². The van der Waals surface area contributed by atoms with E-state index in [1.165, 1.54) is 0 Å². The van der Waals surface area contributed by atoms with Gasteiger partial charge in [0.1, 0.15) is 5.82 Å². The molecule has 0 unspecified atom stereocenters. The van der Waals surface area contributed by atoms with E-state index < -0.39 is 0 Å². The number of benzene rings is 2. The lowest BCUT2D eigenvalue weighted by Gasteiger charge is -2.24. The fourth-order valence-electron chi connectivity index (χ4n) is 3.79. The van der Waals surface area contributed by atoms with Crippen molar-refractivity contribution in [3.63, 3.8) is 0 Å². The van der Waals surface area contributed by atoms with Gasteiger partial charge in [0.05, 0.1) is 17.6 Å². The van der Waals surface area contributed by atoms with Crippen molar-refractivity contribution in [3.05, 3.63) is 83.7 Å². The minimum Gasteiger partial charge on any atom is -0.310 e. The number of anilines is 1. The molecule has 1 amide bonds. The molecule has 7 nitrogen and oxygen atoms in total. The van der Waals surface area contributed by atoms with Crippen molar-refractivity contribution in [2.75, 3.05) is 5.32 Å². The minimum atomic E-state index is -0.0565. The summed E-state index contributed by atoms with van der Waals surface area (Å²) in [4.78, 5) is 17.1. The van der Waals surface area contributed by atoms with Crippen LogP contribution in [0.2, 0.25) is 0 Å². The van der Waals surface area contributed by atoms with E-state index in [1.807, 2.05) is 67.6 Å². The van der Waals surface area contributed by atoms with Crippen LogP contribution in [-0.4, -0.2) is 30.9 Å². The number of aromatic nitrogens is 5. The van der Waals surface area contributed by atoms with Crippen LogP contribution in [0.5, 0.6) is 0 Å². The van der Waals surface area contributed by atoms with Gasteiger partial charge in [-0.15, -0.1) is 5.10 Å². The first-order chi connectivity index (χ1) is 14.2. The average molecular weight is 382 g/mol. The van der Waals surface area contributed by atoms with Crippen LogP contribution in [0, 0.1) is 6.92 Å². The Labute approximate surface area is 167 Å². The smallest absolute Gasteiger partial charge is 0.272 e. The summed E-state index contributed by atoms with van der Waals surface area (Å²) in [5.41, 5.74) is 4.54.